The van der Waals surface area contributed by atoms with Gasteiger partial charge in [0.1, 0.15) is 22.9 Å². The van der Waals surface area contributed by atoms with Gasteiger partial charge in [-0.05, 0) is 70.0 Å². The van der Waals surface area contributed by atoms with E-state index in [1.807, 2.05) is 45.9 Å². The number of halogens is 1. The predicted molar refractivity (Wildman–Crippen MR) is 124 cm³/mol. The first-order valence-electron chi connectivity index (χ1n) is 10.2. The normalized spacial score (nSPS) is 13.6. The highest BCUT2D eigenvalue weighted by Crippen LogP contribution is 2.40. The van der Waals surface area contributed by atoms with Crippen LogP contribution in [0.5, 0.6) is 11.5 Å². The van der Waals surface area contributed by atoms with Crippen LogP contribution in [-0.4, -0.2) is 21.7 Å². The van der Waals surface area contributed by atoms with E-state index < -0.39 is 11.7 Å². The van der Waals surface area contributed by atoms with Gasteiger partial charge in [-0.2, -0.15) is 0 Å². The lowest BCUT2D eigenvalue weighted by Crippen LogP contribution is -2.34. The number of nitrogens with zero attached hydrogens (tertiary/aromatic N) is 1. The molecular formula is C24H26BrN3O3. The van der Waals surface area contributed by atoms with Crippen molar-refractivity contribution >= 4 is 22.0 Å². The zero-order chi connectivity index (χ0) is 22.3. The van der Waals surface area contributed by atoms with Crippen LogP contribution in [-0.2, 0) is 11.2 Å². The highest BCUT2D eigenvalue weighted by molar-refractivity contribution is 9.10. The molecule has 31 heavy (non-hydrogen) atoms. The second kappa shape index (κ2) is 8.04. The number of hydrogen-bond donors (Lipinski definition) is 2. The van der Waals surface area contributed by atoms with Gasteiger partial charge in [-0.15, -0.1) is 0 Å². The quantitative estimate of drug-likeness (QED) is 0.351. The molecule has 0 saturated carbocycles. The molecule has 2 N–H and O–H groups in total. The Morgan fingerprint density at radius 1 is 1.23 bits per heavy atom. The number of carbonyl (C=O) groups excluding carboxylic acids is 1. The SMILES string of the molecule is Cc1cc2c(cc1Br)Oc1ccc(-c3ncc([C@H](C)NC(=O)OC(C)(C)C)[nH]3)cc1C2. The Labute approximate surface area is 190 Å². The fraction of sp³-hybridized carbons (Fsp3) is 0.333. The van der Waals surface area contributed by atoms with Crippen molar-refractivity contribution in [3.05, 3.63) is 63.4 Å². The van der Waals surface area contributed by atoms with Crippen LogP contribution in [0.1, 0.15) is 56.1 Å². The standard InChI is InChI=1S/C24H26BrN3O3/c1-13-8-16-10-17-9-15(6-7-20(17)30-21(16)11-18(13)25)22-26-12-19(28-22)14(2)27-23(29)31-24(3,4)5/h6-9,11-12,14H,10H2,1-5H3,(H,26,28)(H,27,29)/t14-/m0/s1. The van der Waals surface area contributed by atoms with Crippen molar-refractivity contribution in [1.82, 2.24) is 15.3 Å². The van der Waals surface area contributed by atoms with E-state index in [-0.39, 0.29) is 6.04 Å². The van der Waals surface area contributed by atoms with E-state index in [1.165, 1.54) is 11.1 Å². The lowest BCUT2D eigenvalue weighted by molar-refractivity contribution is 0.0507. The molecule has 0 unspecified atom stereocenters. The van der Waals surface area contributed by atoms with Gasteiger partial charge >= 0.3 is 6.09 Å². The maximum atomic E-state index is 12.0. The Balaban J connectivity index is 1.51. The molecule has 1 aliphatic rings. The van der Waals surface area contributed by atoms with Gasteiger partial charge in [0, 0.05) is 22.0 Å². The largest absolute Gasteiger partial charge is 0.457 e. The molecule has 1 aliphatic heterocycles. The number of H-pyrrole nitrogens is 1. The lowest BCUT2D eigenvalue weighted by Gasteiger charge is -2.22. The maximum absolute atomic E-state index is 12.0. The number of carbonyl (C=O) groups is 1. The molecule has 1 atom stereocenters. The summed E-state index contributed by atoms with van der Waals surface area (Å²) in [6.45, 7) is 9.48. The fourth-order valence-electron chi connectivity index (χ4n) is 3.51. The molecule has 2 aromatic carbocycles. The molecule has 0 fully saturated rings. The van der Waals surface area contributed by atoms with E-state index >= 15 is 0 Å². The molecule has 0 spiro atoms. The van der Waals surface area contributed by atoms with Crippen LogP contribution < -0.4 is 10.1 Å². The van der Waals surface area contributed by atoms with E-state index in [1.54, 1.807) is 6.20 Å². The summed E-state index contributed by atoms with van der Waals surface area (Å²) < 4.78 is 12.5. The van der Waals surface area contributed by atoms with Crippen LogP contribution in [0.25, 0.3) is 11.4 Å². The predicted octanol–water partition coefficient (Wildman–Crippen LogP) is 6.43. The van der Waals surface area contributed by atoms with Crippen molar-refractivity contribution < 1.29 is 14.3 Å². The first-order chi connectivity index (χ1) is 14.6. The van der Waals surface area contributed by atoms with Crippen LogP contribution >= 0.6 is 15.9 Å². The maximum Gasteiger partial charge on any atom is 0.408 e. The number of nitrogens with one attached hydrogen (secondary N) is 2. The van der Waals surface area contributed by atoms with Crippen molar-refractivity contribution in [2.45, 2.75) is 52.7 Å². The smallest absolute Gasteiger partial charge is 0.408 e. The number of imidazole rings is 1. The van der Waals surface area contributed by atoms with Crippen LogP contribution in [0.3, 0.4) is 0 Å². The van der Waals surface area contributed by atoms with Crippen molar-refractivity contribution in [3.63, 3.8) is 0 Å². The molecule has 3 aromatic rings. The Kier molecular flexibility index (Phi) is 5.56. The molecular weight excluding hydrogens is 458 g/mol. The van der Waals surface area contributed by atoms with Crippen LogP contribution in [0, 0.1) is 6.92 Å². The van der Waals surface area contributed by atoms with E-state index in [0.717, 1.165) is 45.0 Å². The molecule has 4 rings (SSSR count). The number of amides is 1. The Hall–Kier alpha value is -2.80. The number of hydrogen-bond acceptors (Lipinski definition) is 4. The minimum atomic E-state index is -0.540. The molecule has 2 heterocycles. The van der Waals surface area contributed by atoms with Crippen LogP contribution in [0.4, 0.5) is 4.79 Å². The number of benzene rings is 2. The molecule has 162 valence electrons. The van der Waals surface area contributed by atoms with E-state index in [0.29, 0.717) is 0 Å². The first kappa shape index (κ1) is 21.4. The van der Waals surface area contributed by atoms with Crippen molar-refractivity contribution in [3.8, 4) is 22.9 Å². The molecule has 6 nitrogen and oxygen atoms in total. The molecule has 0 bridgehead atoms. The van der Waals surface area contributed by atoms with E-state index in [9.17, 15) is 4.79 Å². The summed E-state index contributed by atoms with van der Waals surface area (Å²) in [5.74, 6) is 2.49. The Morgan fingerprint density at radius 3 is 2.71 bits per heavy atom. The minimum Gasteiger partial charge on any atom is -0.457 e. The number of fused-ring (bicyclic) bond motifs is 2. The van der Waals surface area contributed by atoms with Gasteiger partial charge in [0.15, 0.2) is 0 Å². The monoisotopic (exact) mass is 483 g/mol. The Morgan fingerprint density at radius 2 is 1.97 bits per heavy atom. The lowest BCUT2D eigenvalue weighted by atomic mass is 9.97. The third kappa shape index (κ3) is 4.77. The highest BCUT2D eigenvalue weighted by atomic mass is 79.9. The molecule has 0 aliphatic carbocycles. The zero-order valence-corrected chi connectivity index (χ0v) is 19.9. The number of rotatable bonds is 3. The van der Waals surface area contributed by atoms with E-state index in [2.05, 4.69) is 50.3 Å². The number of aryl methyl sites for hydroxylation is 1. The van der Waals surface area contributed by atoms with Gasteiger partial charge < -0.3 is 19.8 Å². The summed E-state index contributed by atoms with van der Waals surface area (Å²) in [5, 5.41) is 2.83. The number of aromatic amines is 1. The number of aromatic nitrogens is 2. The average molecular weight is 484 g/mol. The first-order valence-corrected chi connectivity index (χ1v) is 11.0. The van der Waals surface area contributed by atoms with Crippen molar-refractivity contribution in [1.29, 1.82) is 0 Å². The topological polar surface area (TPSA) is 76.2 Å². The average Bonchev–Trinajstić information content (AvgIpc) is 3.16. The summed E-state index contributed by atoms with van der Waals surface area (Å²) in [5.41, 5.74) is 4.70. The summed E-state index contributed by atoms with van der Waals surface area (Å²) in [7, 11) is 0. The van der Waals surface area contributed by atoms with Crippen molar-refractivity contribution in [2.24, 2.45) is 0 Å². The van der Waals surface area contributed by atoms with Gasteiger partial charge in [0.25, 0.3) is 0 Å². The van der Waals surface area contributed by atoms with Gasteiger partial charge in [0.05, 0.1) is 17.9 Å². The minimum absolute atomic E-state index is 0.259. The van der Waals surface area contributed by atoms with E-state index in [4.69, 9.17) is 9.47 Å². The summed E-state index contributed by atoms with van der Waals surface area (Å²) in [6.07, 6.45) is 2.09. The third-order valence-corrected chi connectivity index (χ3v) is 5.93. The van der Waals surface area contributed by atoms with Crippen LogP contribution in [0.15, 0.2) is 41.0 Å². The molecule has 1 amide bonds. The second-order valence-corrected chi connectivity index (χ2v) is 9.72. The molecule has 0 radical (unpaired) electrons. The van der Waals surface area contributed by atoms with Crippen LogP contribution in [0.2, 0.25) is 0 Å². The van der Waals surface area contributed by atoms with Gasteiger partial charge in [-0.3, -0.25) is 0 Å². The zero-order valence-electron chi connectivity index (χ0n) is 18.3. The molecule has 0 saturated heterocycles. The molecule has 7 heteroatoms. The van der Waals surface area contributed by atoms with Crippen molar-refractivity contribution in [2.75, 3.05) is 0 Å². The Bertz CT molecular complexity index is 1150. The summed E-state index contributed by atoms with van der Waals surface area (Å²) in [6, 6.07) is 9.99. The highest BCUT2D eigenvalue weighted by Gasteiger charge is 2.21. The number of alkyl carbamates (subject to hydrolysis) is 1. The second-order valence-electron chi connectivity index (χ2n) is 8.87. The van der Waals surface area contributed by atoms with Gasteiger partial charge in [-0.25, -0.2) is 9.78 Å². The van der Waals surface area contributed by atoms with Gasteiger partial charge in [-0.1, -0.05) is 22.0 Å². The number of ether oxygens (including phenoxy) is 2. The third-order valence-electron chi connectivity index (χ3n) is 5.07. The summed E-state index contributed by atoms with van der Waals surface area (Å²) >= 11 is 3.57. The summed E-state index contributed by atoms with van der Waals surface area (Å²) in [4.78, 5) is 19.9. The van der Waals surface area contributed by atoms with Gasteiger partial charge in [0.2, 0.25) is 0 Å². The molecule has 1 aromatic heterocycles. The fourth-order valence-corrected chi connectivity index (χ4v) is 3.83.